The Kier molecular flexibility index (Phi) is 5.14. The van der Waals surface area contributed by atoms with Crippen LogP contribution in [-0.4, -0.2) is 6.04 Å². The lowest BCUT2D eigenvalue weighted by Crippen LogP contribution is -2.30. The number of nitrogens with two attached hydrogens (primary N) is 1. The Morgan fingerprint density at radius 3 is 2.47 bits per heavy atom. The predicted molar refractivity (Wildman–Crippen MR) is 81.3 cm³/mol. The number of hydrogen-bond acceptors (Lipinski definition) is 3. The Morgan fingerprint density at radius 2 is 1.89 bits per heavy atom. The first-order chi connectivity index (χ1) is 9.22. The van der Waals surface area contributed by atoms with Crippen LogP contribution in [0.5, 0.6) is 0 Å². The van der Waals surface area contributed by atoms with Crippen LogP contribution in [-0.2, 0) is 4.74 Å². The maximum absolute atomic E-state index is 6.22. The molecule has 2 rings (SSSR count). The second-order valence-corrected chi connectivity index (χ2v) is 5.52. The Hall–Kier alpha value is -1.16. The van der Waals surface area contributed by atoms with Crippen molar-refractivity contribution >= 4 is 11.3 Å². The molecule has 0 saturated heterocycles. The summed E-state index contributed by atoms with van der Waals surface area (Å²) in [6.45, 7) is 4.18. The molecule has 0 bridgehead atoms. The first-order valence-corrected chi connectivity index (χ1v) is 7.64. The van der Waals surface area contributed by atoms with E-state index in [1.807, 2.05) is 18.2 Å². The van der Waals surface area contributed by atoms with Gasteiger partial charge >= 0.3 is 0 Å². The van der Waals surface area contributed by atoms with E-state index in [0.29, 0.717) is 0 Å². The number of benzene rings is 1. The lowest BCUT2D eigenvalue weighted by Gasteiger charge is -2.26. The van der Waals surface area contributed by atoms with E-state index >= 15 is 0 Å². The van der Waals surface area contributed by atoms with E-state index < -0.39 is 0 Å². The summed E-state index contributed by atoms with van der Waals surface area (Å²) in [4.78, 5) is 0. The van der Waals surface area contributed by atoms with Crippen LogP contribution in [0, 0.1) is 0 Å². The molecule has 0 amide bonds. The van der Waals surface area contributed by atoms with E-state index in [9.17, 15) is 0 Å². The molecule has 0 aliphatic heterocycles. The molecule has 2 N–H and O–H groups in total. The van der Waals surface area contributed by atoms with E-state index in [1.165, 1.54) is 11.1 Å². The summed E-state index contributed by atoms with van der Waals surface area (Å²) >= 11 is 1.68. The van der Waals surface area contributed by atoms with Crippen LogP contribution < -0.4 is 5.73 Å². The molecule has 1 heterocycles. The third kappa shape index (κ3) is 3.66. The highest BCUT2D eigenvalue weighted by Gasteiger charge is 2.22. The molecule has 19 heavy (non-hydrogen) atoms. The van der Waals surface area contributed by atoms with E-state index in [0.717, 1.165) is 6.42 Å². The van der Waals surface area contributed by atoms with Crippen molar-refractivity contribution in [1.82, 2.24) is 0 Å². The molecule has 3 heteroatoms. The van der Waals surface area contributed by atoms with Crippen LogP contribution in [0.15, 0.2) is 47.2 Å². The molecule has 102 valence electrons. The maximum atomic E-state index is 6.22. The van der Waals surface area contributed by atoms with Gasteiger partial charge in [-0.2, -0.15) is 11.3 Å². The quantitative estimate of drug-likeness (QED) is 0.853. The summed E-state index contributed by atoms with van der Waals surface area (Å²) < 4.78 is 6.22. The van der Waals surface area contributed by atoms with Crippen LogP contribution in [0.2, 0.25) is 0 Å². The molecule has 0 fully saturated rings. The molecule has 0 saturated carbocycles. The smallest absolute Gasteiger partial charge is 0.0991 e. The summed E-state index contributed by atoms with van der Waals surface area (Å²) in [5.41, 5.74) is 8.58. The van der Waals surface area contributed by atoms with Gasteiger partial charge in [-0.25, -0.2) is 0 Å². The standard InChI is InChI=1S/C16H21NOS/c1-3-15(17)16(14-9-10-19-11-14)18-12(2)13-7-5-4-6-8-13/h4-12,15-16H,3,17H2,1-2H3. The summed E-state index contributed by atoms with van der Waals surface area (Å²) in [5.74, 6) is 0. The van der Waals surface area contributed by atoms with E-state index in [2.05, 4.69) is 42.8 Å². The predicted octanol–water partition coefficient (Wildman–Crippen LogP) is 4.30. The minimum absolute atomic E-state index is 0.0285. The van der Waals surface area contributed by atoms with Crippen LogP contribution in [0.25, 0.3) is 0 Å². The molecule has 3 atom stereocenters. The Balaban J connectivity index is 2.13. The van der Waals surface area contributed by atoms with Gasteiger partial charge in [-0.3, -0.25) is 0 Å². The average molecular weight is 275 g/mol. The van der Waals surface area contributed by atoms with Crippen molar-refractivity contribution in [2.45, 2.75) is 38.5 Å². The molecule has 0 aliphatic rings. The van der Waals surface area contributed by atoms with Gasteiger partial charge in [0, 0.05) is 6.04 Å². The van der Waals surface area contributed by atoms with Gasteiger partial charge in [0.25, 0.3) is 0 Å². The van der Waals surface area contributed by atoms with Gasteiger partial charge in [-0.1, -0.05) is 37.3 Å². The van der Waals surface area contributed by atoms with E-state index in [1.54, 1.807) is 11.3 Å². The van der Waals surface area contributed by atoms with Crippen molar-refractivity contribution in [3.63, 3.8) is 0 Å². The van der Waals surface area contributed by atoms with Crippen molar-refractivity contribution in [3.8, 4) is 0 Å². The zero-order valence-corrected chi connectivity index (χ0v) is 12.3. The van der Waals surface area contributed by atoms with Crippen LogP contribution >= 0.6 is 11.3 Å². The zero-order chi connectivity index (χ0) is 13.7. The topological polar surface area (TPSA) is 35.2 Å². The van der Waals surface area contributed by atoms with Crippen molar-refractivity contribution in [2.75, 3.05) is 0 Å². The second-order valence-electron chi connectivity index (χ2n) is 4.74. The summed E-state index contributed by atoms with van der Waals surface area (Å²) in [6, 6.07) is 12.4. The summed E-state index contributed by atoms with van der Waals surface area (Å²) in [6.07, 6.45) is 0.914. The first-order valence-electron chi connectivity index (χ1n) is 6.70. The fourth-order valence-electron chi connectivity index (χ4n) is 2.10. The van der Waals surface area contributed by atoms with Gasteiger partial charge in [-0.05, 0) is 41.3 Å². The third-order valence-electron chi connectivity index (χ3n) is 3.35. The van der Waals surface area contributed by atoms with Crippen molar-refractivity contribution < 1.29 is 4.74 Å². The first kappa shape index (κ1) is 14.3. The molecule has 1 aromatic heterocycles. The number of ether oxygens (including phenoxy) is 1. The van der Waals surface area contributed by atoms with Gasteiger partial charge in [-0.15, -0.1) is 0 Å². The Morgan fingerprint density at radius 1 is 1.16 bits per heavy atom. The third-order valence-corrected chi connectivity index (χ3v) is 4.05. The van der Waals surface area contributed by atoms with Gasteiger partial charge in [0.1, 0.15) is 0 Å². The molecule has 3 unspecified atom stereocenters. The van der Waals surface area contributed by atoms with E-state index in [-0.39, 0.29) is 18.2 Å². The number of thiophene rings is 1. The lowest BCUT2D eigenvalue weighted by atomic mass is 10.0. The molecular formula is C16H21NOS. The molecule has 0 aliphatic carbocycles. The fourth-order valence-corrected chi connectivity index (χ4v) is 2.78. The largest absolute Gasteiger partial charge is 0.364 e. The van der Waals surface area contributed by atoms with Crippen molar-refractivity contribution in [1.29, 1.82) is 0 Å². The highest BCUT2D eigenvalue weighted by Crippen LogP contribution is 2.30. The minimum atomic E-state index is -0.0357. The molecule has 2 aromatic rings. The molecule has 1 aromatic carbocycles. The highest BCUT2D eigenvalue weighted by molar-refractivity contribution is 7.07. The summed E-state index contributed by atoms with van der Waals surface area (Å²) in [7, 11) is 0. The lowest BCUT2D eigenvalue weighted by molar-refractivity contribution is -0.0197. The van der Waals surface area contributed by atoms with Crippen LogP contribution in [0.4, 0.5) is 0 Å². The second kappa shape index (κ2) is 6.85. The van der Waals surface area contributed by atoms with Gasteiger partial charge in [0.15, 0.2) is 0 Å². The zero-order valence-electron chi connectivity index (χ0n) is 11.5. The molecule has 2 nitrogen and oxygen atoms in total. The van der Waals surface area contributed by atoms with Gasteiger partial charge in [0.05, 0.1) is 12.2 Å². The number of rotatable bonds is 6. The average Bonchev–Trinajstić information content (AvgIpc) is 2.98. The molecule has 0 spiro atoms. The van der Waals surface area contributed by atoms with E-state index in [4.69, 9.17) is 10.5 Å². The molecular weight excluding hydrogens is 254 g/mol. The fraction of sp³-hybridized carbons (Fsp3) is 0.375. The normalized spacial score (nSPS) is 15.9. The Bertz CT molecular complexity index is 469. The van der Waals surface area contributed by atoms with Gasteiger partial charge in [0.2, 0.25) is 0 Å². The maximum Gasteiger partial charge on any atom is 0.0991 e. The van der Waals surface area contributed by atoms with Gasteiger partial charge < -0.3 is 10.5 Å². The minimum Gasteiger partial charge on any atom is -0.364 e. The number of hydrogen-bond donors (Lipinski definition) is 1. The highest BCUT2D eigenvalue weighted by atomic mass is 32.1. The summed E-state index contributed by atoms with van der Waals surface area (Å²) in [5, 5.41) is 4.19. The van der Waals surface area contributed by atoms with Crippen molar-refractivity contribution in [2.24, 2.45) is 5.73 Å². The monoisotopic (exact) mass is 275 g/mol. The molecule has 0 radical (unpaired) electrons. The SMILES string of the molecule is CCC(N)C(OC(C)c1ccccc1)c1ccsc1. The van der Waals surface area contributed by atoms with Crippen LogP contribution in [0.3, 0.4) is 0 Å². The van der Waals surface area contributed by atoms with Crippen LogP contribution in [0.1, 0.15) is 43.6 Å². The van der Waals surface area contributed by atoms with Crippen molar-refractivity contribution in [3.05, 3.63) is 58.3 Å². The Labute approximate surface area is 119 Å².